The number of aromatic nitrogens is 2. The standard InChI is InChI=1S/C18H17N3O3S/c1-13(22)14-4-6-15(7-5-14)24-12-18(23)20-17-8-9-19-21(17)11-16-3-2-10-25-16/h2-10H,11-12H2,1H3,(H,20,23). The molecule has 25 heavy (non-hydrogen) atoms. The normalized spacial score (nSPS) is 10.4. The Morgan fingerprint density at radius 1 is 1.20 bits per heavy atom. The highest BCUT2D eigenvalue weighted by Crippen LogP contribution is 2.15. The van der Waals surface area contributed by atoms with Crippen LogP contribution < -0.4 is 10.1 Å². The van der Waals surface area contributed by atoms with E-state index in [1.807, 2.05) is 17.5 Å². The Kier molecular flexibility index (Phi) is 5.25. The van der Waals surface area contributed by atoms with E-state index in [1.54, 1.807) is 52.5 Å². The second kappa shape index (κ2) is 7.76. The molecule has 3 aromatic rings. The minimum absolute atomic E-state index is 0.0108. The van der Waals surface area contributed by atoms with Gasteiger partial charge in [-0.05, 0) is 42.6 Å². The van der Waals surface area contributed by atoms with Crippen LogP contribution in [0.3, 0.4) is 0 Å². The van der Waals surface area contributed by atoms with Crippen molar-refractivity contribution >= 4 is 28.8 Å². The number of hydrogen-bond donors (Lipinski definition) is 1. The molecule has 6 nitrogen and oxygen atoms in total. The monoisotopic (exact) mass is 355 g/mol. The molecule has 7 heteroatoms. The highest BCUT2D eigenvalue weighted by atomic mass is 32.1. The van der Waals surface area contributed by atoms with Gasteiger partial charge in [0.1, 0.15) is 11.6 Å². The predicted octanol–water partition coefficient (Wildman–Crippen LogP) is 3.21. The molecule has 2 aromatic heterocycles. The second-order valence-corrected chi connectivity index (χ2v) is 6.40. The largest absolute Gasteiger partial charge is 0.484 e. The summed E-state index contributed by atoms with van der Waals surface area (Å²) in [6, 6.07) is 12.4. The molecule has 0 radical (unpaired) electrons. The Hall–Kier alpha value is -2.93. The summed E-state index contributed by atoms with van der Waals surface area (Å²) in [5.74, 6) is 0.869. The van der Waals surface area contributed by atoms with Crippen LogP contribution in [0, 0.1) is 0 Å². The van der Waals surface area contributed by atoms with Crippen LogP contribution in [0.2, 0.25) is 0 Å². The Morgan fingerprint density at radius 2 is 2.00 bits per heavy atom. The molecule has 0 aliphatic carbocycles. The van der Waals surface area contributed by atoms with Crippen LogP contribution in [0.1, 0.15) is 22.2 Å². The molecule has 0 spiro atoms. The van der Waals surface area contributed by atoms with E-state index in [2.05, 4.69) is 10.4 Å². The lowest BCUT2D eigenvalue weighted by Gasteiger charge is -2.09. The predicted molar refractivity (Wildman–Crippen MR) is 96.2 cm³/mol. The molecular weight excluding hydrogens is 338 g/mol. The number of carbonyl (C=O) groups is 2. The van der Waals surface area contributed by atoms with Crippen molar-refractivity contribution < 1.29 is 14.3 Å². The number of ether oxygens (including phenoxy) is 1. The van der Waals surface area contributed by atoms with E-state index >= 15 is 0 Å². The zero-order valence-electron chi connectivity index (χ0n) is 13.6. The number of hydrogen-bond acceptors (Lipinski definition) is 5. The maximum absolute atomic E-state index is 12.1. The van der Waals surface area contributed by atoms with Gasteiger partial charge in [0.2, 0.25) is 0 Å². The number of nitrogens with one attached hydrogen (secondary N) is 1. The molecule has 0 bridgehead atoms. The van der Waals surface area contributed by atoms with Gasteiger partial charge in [-0.15, -0.1) is 11.3 Å². The smallest absolute Gasteiger partial charge is 0.263 e. The summed E-state index contributed by atoms with van der Waals surface area (Å²) in [6.45, 7) is 1.99. The van der Waals surface area contributed by atoms with Gasteiger partial charge in [-0.1, -0.05) is 6.07 Å². The van der Waals surface area contributed by atoms with Crippen molar-refractivity contribution in [3.05, 3.63) is 64.5 Å². The van der Waals surface area contributed by atoms with E-state index in [4.69, 9.17) is 4.74 Å². The lowest BCUT2D eigenvalue weighted by atomic mass is 10.1. The molecule has 1 N–H and O–H groups in total. The highest BCUT2D eigenvalue weighted by Gasteiger charge is 2.09. The van der Waals surface area contributed by atoms with Gasteiger partial charge >= 0.3 is 0 Å². The first-order valence-corrected chi connectivity index (χ1v) is 8.57. The van der Waals surface area contributed by atoms with Crippen molar-refractivity contribution in [1.82, 2.24) is 9.78 Å². The summed E-state index contributed by atoms with van der Waals surface area (Å²) < 4.78 is 7.17. The number of anilines is 1. The minimum Gasteiger partial charge on any atom is -0.484 e. The zero-order chi connectivity index (χ0) is 17.6. The number of carbonyl (C=O) groups excluding carboxylic acids is 2. The quantitative estimate of drug-likeness (QED) is 0.661. The highest BCUT2D eigenvalue weighted by molar-refractivity contribution is 7.09. The third kappa shape index (κ3) is 4.54. The minimum atomic E-state index is -0.274. The Balaban J connectivity index is 1.54. The lowest BCUT2D eigenvalue weighted by molar-refractivity contribution is -0.118. The van der Waals surface area contributed by atoms with Crippen LogP contribution in [-0.4, -0.2) is 28.1 Å². The van der Waals surface area contributed by atoms with E-state index in [1.165, 1.54) is 6.92 Å². The average Bonchev–Trinajstić information content (AvgIpc) is 3.26. The van der Waals surface area contributed by atoms with E-state index in [-0.39, 0.29) is 18.3 Å². The fourth-order valence-corrected chi connectivity index (χ4v) is 2.91. The van der Waals surface area contributed by atoms with Crippen LogP contribution in [0.15, 0.2) is 54.0 Å². The molecule has 0 aliphatic heterocycles. The first kappa shape index (κ1) is 16.9. The molecule has 0 unspecified atom stereocenters. The maximum Gasteiger partial charge on any atom is 0.263 e. The SMILES string of the molecule is CC(=O)c1ccc(OCC(=O)Nc2ccnn2Cc2cccs2)cc1. The Bertz CT molecular complexity index is 854. The van der Waals surface area contributed by atoms with Gasteiger partial charge in [0.25, 0.3) is 5.91 Å². The molecule has 128 valence electrons. The lowest BCUT2D eigenvalue weighted by Crippen LogP contribution is -2.22. The summed E-state index contributed by atoms with van der Waals surface area (Å²) in [7, 11) is 0. The third-order valence-electron chi connectivity index (χ3n) is 3.50. The van der Waals surface area contributed by atoms with Gasteiger partial charge < -0.3 is 10.1 Å². The van der Waals surface area contributed by atoms with E-state index < -0.39 is 0 Å². The molecule has 0 atom stereocenters. The van der Waals surface area contributed by atoms with E-state index in [0.717, 1.165) is 4.88 Å². The maximum atomic E-state index is 12.1. The molecule has 0 saturated heterocycles. The van der Waals surface area contributed by atoms with E-state index in [9.17, 15) is 9.59 Å². The summed E-state index contributed by atoms with van der Waals surface area (Å²) in [6.07, 6.45) is 1.64. The third-order valence-corrected chi connectivity index (χ3v) is 4.36. The number of ketones is 1. The summed E-state index contributed by atoms with van der Waals surface area (Å²) >= 11 is 1.64. The van der Waals surface area contributed by atoms with Crippen molar-refractivity contribution in [2.24, 2.45) is 0 Å². The molecule has 3 rings (SSSR count). The van der Waals surface area contributed by atoms with Gasteiger partial charge in [0.05, 0.1) is 12.7 Å². The van der Waals surface area contributed by atoms with Crippen LogP contribution in [0.5, 0.6) is 5.75 Å². The molecule has 0 aliphatic rings. The molecular formula is C18H17N3O3S. The second-order valence-electron chi connectivity index (χ2n) is 5.37. The van der Waals surface area contributed by atoms with Crippen molar-refractivity contribution in [3.8, 4) is 5.75 Å². The zero-order valence-corrected chi connectivity index (χ0v) is 14.5. The first-order chi connectivity index (χ1) is 12.1. The number of nitrogens with zero attached hydrogens (tertiary/aromatic N) is 2. The Labute approximate surface area is 149 Å². The summed E-state index contributed by atoms with van der Waals surface area (Å²) in [5, 5.41) is 9.02. The Morgan fingerprint density at radius 3 is 2.68 bits per heavy atom. The molecule has 1 amide bonds. The van der Waals surface area contributed by atoms with Crippen LogP contribution in [0.25, 0.3) is 0 Å². The van der Waals surface area contributed by atoms with E-state index in [0.29, 0.717) is 23.7 Å². The van der Waals surface area contributed by atoms with Gasteiger partial charge in [-0.2, -0.15) is 5.10 Å². The number of rotatable bonds is 7. The molecule has 0 saturated carbocycles. The van der Waals surface area contributed by atoms with Gasteiger partial charge in [0.15, 0.2) is 12.4 Å². The molecule has 2 heterocycles. The fourth-order valence-electron chi connectivity index (χ4n) is 2.23. The van der Waals surface area contributed by atoms with Crippen molar-refractivity contribution in [2.75, 3.05) is 11.9 Å². The number of benzene rings is 1. The van der Waals surface area contributed by atoms with Gasteiger partial charge in [-0.25, -0.2) is 4.68 Å². The summed E-state index contributed by atoms with van der Waals surface area (Å²) in [4.78, 5) is 24.5. The van der Waals surface area contributed by atoms with Crippen LogP contribution in [-0.2, 0) is 11.3 Å². The number of amides is 1. The topological polar surface area (TPSA) is 73.2 Å². The first-order valence-electron chi connectivity index (χ1n) is 7.69. The average molecular weight is 355 g/mol. The van der Waals surface area contributed by atoms with Crippen molar-refractivity contribution in [2.45, 2.75) is 13.5 Å². The van der Waals surface area contributed by atoms with Crippen LogP contribution >= 0.6 is 11.3 Å². The summed E-state index contributed by atoms with van der Waals surface area (Å²) in [5.41, 5.74) is 0.606. The number of Topliss-reactive ketones (excluding diaryl/α,β-unsaturated/α-hetero) is 1. The fraction of sp³-hybridized carbons (Fsp3) is 0.167. The van der Waals surface area contributed by atoms with Gasteiger partial charge in [0, 0.05) is 16.5 Å². The molecule has 1 aromatic carbocycles. The number of thiophene rings is 1. The van der Waals surface area contributed by atoms with Gasteiger partial charge in [-0.3, -0.25) is 9.59 Å². The molecule has 0 fully saturated rings. The van der Waals surface area contributed by atoms with Crippen molar-refractivity contribution in [3.63, 3.8) is 0 Å². The van der Waals surface area contributed by atoms with Crippen LogP contribution in [0.4, 0.5) is 5.82 Å². The van der Waals surface area contributed by atoms with Crippen molar-refractivity contribution in [1.29, 1.82) is 0 Å².